The van der Waals surface area contributed by atoms with Gasteiger partial charge in [-0.15, -0.1) is 0 Å². The summed E-state index contributed by atoms with van der Waals surface area (Å²) >= 11 is 7.14. The maximum absolute atomic E-state index is 12.0. The summed E-state index contributed by atoms with van der Waals surface area (Å²) in [5.41, 5.74) is 10.3. The Morgan fingerprint density at radius 3 is 2.82 bits per heavy atom. The molecule has 2 aromatic carbocycles. The number of rotatable bonds is 3. The SMILES string of the molecule is Nc1nc2ccc(C(=O)NN=Cc3ccc(Cl)cc3)cc2s1. The fourth-order valence-corrected chi connectivity index (χ4v) is 2.76. The number of hydrogen-bond donors (Lipinski definition) is 2. The number of amides is 1. The molecule has 0 aliphatic carbocycles. The van der Waals surface area contributed by atoms with Crippen LogP contribution in [0, 0.1) is 0 Å². The molecule has 7 heteroatoms. The van der Waals surface area contributed by atoms with Gasteiger partial charge in [-0.25, -0.2) is 10.4 Å². The smallest absolute Gasteiger partial charge is 0.271 e. The Morgan fingerprint density at radius 1 is 1.27 bits per heavy atom. The van der Waals surface area contributed by atoms with E-state index in [-0.39, 0.29) is 5.91 Å². The number of fused-ring (bicyclic) bond motifs is 1. The molecule has 0 saturated heterocycles. The zero-order valence-electron chi connectivity index (χ0n) is 11.3. The molecule has 0 atom stereocenters. The number of aromatic nitrogens is 1. The first-order chi connectivity index (χ1) is 10.6. The second kappa shape index (κ2) is 6.13. The highest BCUT2D eigenvalue weighted by Crippen LogP contribution is 2.24. The van der Waals surface area contributed by atoms with Crippen LogP contribution in [0.25, 0.3) is 10.2 Å². The van der Waals surface area contributed by atoms with E-state index in [4.69, 9.17) is 17.3 Å². The van der Waals surface area contributed by atoms with Gasteiger partial charge in [-0.1, -0.05) is 35.1 Å². The molecule has 0 aliphatic heterocycles. The Balaban J connectivity index is 1.71. The number of halogens is 1. The quantitative estimate of drug-likeness (QED) is 0.571. The zero-order chi connectivity index (χ0) is 15.5. The number of hydrazone groups is 1. The molecule has 0 bridgehead atoms. The molecule has 22 heavy (non-hydrogen) atoms. The van der Waals surface area contributed by atoms with Gasteiger partial charge in [0.2, 0.25) is 0 Å². The third-order valence-electron chi connectivity index (χ3n) is 2.92. The van der Waals surface area contributed by atoms with Crippen LogP contribution < -0.4 is 11.2 Å². The molecule has 0 spiro atoms. The van der Waals surface area contributed by atoms with Gasteiger partial charge >= 0.3 is 0 Å². The first-order valence-electron chi connectivity index (χ1n) is 6.37. The summed E-state index contributed by atoms with van der Waals surface area (Å²) in [6, 6.07) is 12.3. The average molecular weight is 331 g/mol. The number of thiazole rings is 1. The van der Waals surface area contributed by atoms with Crippen molar-refractivity contribution >= 4 is 50.4 Å². The number of nitrogens with zero attached hydrogens (tertiary/aromatic N) is 2. The lowest BCUT2D eigenvalue weighted by molar-refractivity contribution is 0.0955. The highest BCUT2D eigenvalue weighted by molar-refractivity contribution is 7.22. The zero-order valence-corrected chi connectivity index (χ0v) is 12.9. The minimum Gasteiger partial charge on any atom is -0.375 e. The molecular formula is C15H11ClN4OS. The van der Waals surface area contributed by atoms with E-state index < -0.39 is 0 Å². The van der Waals surface area contributed by atoms with E-state index in [2.05, 4.69) is 15.5 Å². The minimum atomic E-state index is -0.293. The first kappa shape index (κ1) is 14.5. The molecule has 5 nitrogen and oxygen atoms in total. The molecule has 110 valence electrons. The van der Waals surface area contributed by atoms with Crippen molar-refractivity contribution in [1.82, 2.24) is 10.4 Å². The van der Waals surface area contributed by atoms with Crippen molar-refractivity contribution < 1.29 is 4.79 Å². The van der Waals surface area contributed by atoms with E-state index in [9.17, 15) is 4.79 Å². The first-order valence-corrected chi connectivity index (χ1v) is 7.56. The summed E-state index contributed by atoms with van der Waals surface area (Å²) in [5, 5.41) is 5.06. The molecule has 1 aromatic heterocycles. The van der Waals surface area contributed by atoms with Crippen LogP contribution in [0.2, 0.25) is 5.02 Å². The lowest BCUT2D eigenvalue weighted by Crippen LogP contribution is -2.17. The molecule has 3 N–H and O–H groups in total. The molecule has 0 radical (unpaired) electrons. The highest BCUT2D eigenvalue weighted by atomic mass is 35.5. The number of anilines is 1. The van der Waals surface area contributed by atoms with Gasteiger partial charge in [0.05, 0.1) is 16.4 Å². The standard InChI is InChI=1S/C15H11ClN4OS/c16-11-4-1-9(2-5-11)8-18-20-14(21)10-3-6-12-13(7-10)22-15(17)19-12/h1-8H,(H2,17,19)(H,20,21). The van der Waals surface area contributed by atoms with Crippen molar-refractivity contribution in [3.63, 3.8) is 0 Å². The summed E-state index contributed by atoms with van der Waals surface area (Å²) in [6.45, 7) is 0. The second-order valence-electron chi connectivity index (χ2n) is 4.49. The Hall–Kier alpha value is -2.44. The number of nitrogens with one attached hydrogen (secondary N) is 1. The van der Waals surface area contributed by atoms with Crippen molar-refractivity contribution in [3.05, 3.63) is 58.6 Å². The summed E-state index contributed by atoms with van der Waals surface area (Å²) in [7, 11) is 0. The van der Waals surface area contributed by atoms with Gasteiger partial charge in [0.25, 0.3) is 5.91 Å². The van der Waals surface area contributed by atoms with E-state index in [1.54, 1.807) is 36.5 Å². The van der Waals surface area contributed by atoms with Crippen molar-refractivity contribution in [3.8, 4) is 0 Å². The third-order valence-corrected chi connectivity index (χ3v) is 4.02. The third kappa shape index (κ3) is 3.24. The number of nitrogens with two attached hydrogens (primary N) is 1. The van der Waals surface area contributed by atoms with Crippen LogP contribution >= 0.6 is 22.9 Å². The number of benzene rings is 2. The monoisotopic (exact) mass is 330 g/mol. The van der Waals surface area contributed by atoms with E-state index >= 15 is 0 Å². The largest absolute Gasteiger partial charge is 0.375 e. The van der Waals surface area contributed by atoms with Gasteiger partial charge in [-0.2, -0.15) is 5.10 Å². The van der Waals surface area contributed by atoms with E-state index in [0.29, 0.717) is 15.7 Å². The highest BCUT2D eigenvalue weighted by Gasteiger charge is 2.07. The van der Waals surface area contributed by atoms with Crippen LogP contribution in [0.15, 0.2) is 47.6 Å². The van der Waals surface area contributed by atoms with E-state index in [0.717, 1.165) is 15.8 Å². The minimum absolute atomic E-state index is 0.293. The van der Waals surface area contributed by atoms with Crippen LogP contribution in [0.5, 0.6) is 0 Å². The van der Waals surface area contributed by atoms with E-state index in [1.165, 1.54) is 11.3 Å². The maximum atomic E-state index is 12.0. The van der Waals surface area contributed by atoms with Crippen LogP contribution in [-0.4, -0.2) is 17.1 Å². The molecule has 3 aromatic rings. The van der Waals surface area contributed by atoms with Crippen molar-refractivity contribution in [2.75, 3.05) is 5.73 Å². The molecule has 3 rings (SSSR count). The number of hydrogen-bond acceptors (Lipinski definition) is 5. The number of carbonyl (C=O) groups excluding carboxylic acids is 1. The van der Waals surface area contributed by atoms with Gasteiger partial charge in [0.1, 0.15) is 0 Å². The fourth-order valence-electron chi connectivity index (χ4n) is 1.86. The summed E-state index contributed by atoms with van der Waals surface area (Å²) in [6.07, 6.45) is 1.55. The normalized spacial score (nSPS) is 11.1. The van der Waals surface area contributed by atoms with Crippen molar-refractivity contribution in [2.45, 2.75) is 0 Å². The van der Waals surface area contributed by atoms with Crippen molar-refractivity contribution in [1.29, 1.82) is 0 Å². The molecule has 0 saturated carbocycles. The van der Waals surface area contributed by atoms with Crippen LogP contribution in [-0.2, 0) is 0 Å². The lowest BCUT2D eigenvalue weighted by Gasteiger charge is -1.99. The topological polar surface area (TPSA) is 80.4 Å². The Bertz CT molecular complexity index is 858. The molecule has 1 amide bonds. The number of carbonyl (C=O) groups is 1. The molecule has 1 heterocycles. The van der Waals surface area contributed by atoms with Gasteiger partial charge in [0.15, 0.2) is 5.13 Å². The van der Waals surface area contributed by atoms with Gasteiger partial charge < -0.3 is 5.73 Å². The van der Waals surface area contributed by atoms with Crippen LogP contribution in [0.3, 0.4) is 0 Å². The van der Waals surface area contributed by atoms with Crippen LogP contribution in [0.4, 0.5) is 5.13 Å². The number of nitrogen functional groups attached to an aromatic ring is 1. The predicted octanol–water partition coefficient (Wildman–Crippen LogP) is 3.30. The van der Waals surface area contributed by atoms with Crippen LogP contribution in [0.1, 0.15) is 15.9 Å². The maximum Gasteiger partial charge on any atom is 0.271 e. The predicted molar refractivity (Wildman–Crippen MR) is 90.5 cm³/mol. The lowest BCUT2D eigenvalue weighted by atomic mass is 10.2. The Kier molecular flexibility index (Phi) is 4.04. The van der Waals surface area contributed by atoms with Gasteiger partial charge in [0, 0.05) is 10.6 Å². The molecule has 0 fully saturated rings. The average Bonchev–Trinajstić information content (AvgIpc) is 2.88. The summed E-state index contributed by atoms with van der Waals surface area (Å²) in [4.78, 5) is 16.2. The Morgan fingerprint density at radius 2 is 2.05 bits per heavy atom. The van der Waals surface area contributed by atoms with Gasteiger partial charge in [-0.3, -0.25) is 4.79 Å². The second-order valence-corrected chi connectivity index (χ2v) is 5.98. The Labute approximate surface area is 135 Å². The molecular weight excluding hydrogens is 320 g/mol. The van der Waals surface area contributed by atoms with Crippen molar-refractivity contribution in [2.24, 2.45) is 5.10 Å². The molecule has 0 aliphatic rings. The summed E-state index contributed by atoms with van der Waals surface area (Å²) in [5.74, 6) is -0.293. The molecule has 0 unspecified atom stereocenters. The van der Waals surface area contributed by atoms with E-state index in [1.807, 2.05) is 12.1 Å². The summed E-state index contributed by atoms with van der Waals surface area (Å²) < 4.78 is 0.867. The van der Waals surface area contributed by atoms with Gasteiger partial charge in [-0.05, 0) is 35.9 Å². The fraction of sp³-hybridized carbons (Fsp3) is 0.